The molecule has 0 spiro atoms. The van der Waals surface area contributed by atoms with Crippen LogP contribution in [-0.4, -0.2) is 29.0 Å². The van der Waals surface area contributed by atoms with Crippen LogP contribution in [0.15, 0.2) is 18.2 Å². The molecule has 1 aromatic carbocycles. The normalized spacial score (nSPS) is 22.9. The first kappa shape index (κ1) is 13.4. The number of aryl methyl sites for hydroxylation is 1. The molecule has 1 aliphatic heterocycles. The minimum Gasteiger partial charge on any atom is -0.508 e. The summed E-state index contributed by atoms with van der Waals surface area (Å²) < 4.78 is 0. The smallest absolute Gasteiger partial charge is 0.254 e. The van der Waals surface area contributed by atoms with Crippen molar-refractivity contribution in [3.05, 3.63) is 29.3 Å². The van der Waals surface area contributed by atoms with Gasteiger partial charge in [0.25, 0.3) is 5.91 Å². The number of piperidine rings is 1. The largest absolute Gasteiger partial charge is 0.508 e. The molecule has 1 aliphatic rings. The van der Waals surface area contributed by atoms with Crippen molar-refractivity contribution in [3.8, 4) is 11.8 Å². The Labute approximate surface area is 113 Å². The minimum atomic E-state index is -0.458. The Hall–Kier alpha value is -2.02. The van der Waals surface area contributed by atoms with Gasteiger partial charge in [0.05, 0.1) is 11.5 Å². The van der Waals surface area contributed by atoms with E-state index in [0.717, 1.165) is 18.4 Å². The Bertz CT molecular complexity index is 548. The fourth-order valence-corrected chi connectivity index (χ4v) is 2.43. The second-order valence-electron chi connectivity index (χ2n) is 5.50. The van der Waals surface area contributed by atoms with Gasteiger partial charge in [0, 0.05) is 18.7 Å². The van der Waals surface area contributed by atoms with Gasteiger partial charge in [0.2, 0.25) is 0 Å². The molecule has 4 nitrogen and oxygen atoms in total. The molecule has 0 aliphatic carbocycles. The molecule has 1 saturated heterocycles. The highest BCUT2D eigenvalue weighted by atomic mass is 16.3. The number of carbonyl (C=O) groups is 1. The molecule has 0 radical (unpaired) electrons. The summed E-state index contributed by atoms with van der Waals surface area (Å²) in [5.74, 6) is 0.0161. The maximum atomic E-state index is 12.4. The number of hydrogen-bond donors (Lipinski definition) is 1. The fourth-order valence-electron chi connectivity index (χ4n) is 2.43. The van der Waals surface area contributed by atoms with E-state index >= 15 is 0 Å². The van der Waals surface area contributed by atoms with E-state index in [0.29, 0.717) is 18.7 Å². The lowest BCUT2D eigenvalue weighted by Crippen LogP contribution is -2.44. The molecular weight excluding hydrogens is 240 g/mol. The van der Waals surface area contributed by atoms with Crippen LogP contribution in [0.1, 0.15) is 35.7 Å². The maximum Gasteiger partial charge on any atom is 0.254 e. The minimum absolute atomic E-state index is 0.114. The maximum absolute atomic E-state index is 12.4. The molecule has 19 heavy (non-hydrogen) atoms. The van der Waals surface area contributed by atoms with Crippen molar-refractivity contribution in [2.45, 2.75) is 26.7 Å². The zero-order chi connectivity index (χ0) is 14.0. The number of aromatic hydroxyl groups is 1. The van der Waals surface area contributed by atoms with Crippen LogP contribution in [0, 0.1) is 23.7 Å². The van der Waals surface area contributed by atoms with Gasteiger partial charge in [-0.05, 0) is 44.4 Å². The van der Waals surface area contributed by atoms with Gasteiger partial charge in [-0.15, -0.1) is 0 Å². The first-order chi connectivity index (χ1) is 8.95. The standard InChI is InChI=1S/C15H18N2O2/c1-11-4-5-12(8-13(11)18)14(19)17-7-3-6-15(2,9-16)10-17/h4-5,8,18H,3,6-7,10H2,1-2H3. The predicted molar refractivity (Wildman–Crippen MR) is 71.7 cm³/mol. The van der Waals surface area contributed by atoms with Gasteiger partial charge in [0.15, 0.2) is 0 Å². The Balaban J connectivity index is 2.20. The summed E-state index contributed by atoms with van der Waals surface area (Å²) in [4.78, 5) is 14.1. The van der Waals surface area contributed by atoms with Gasteiger partial charge in [-0.2, -0.15) is 5.26 Å². The third-order valence-electron chi connectivity index (χ3n) is 3.71. The number of nitrogens with zero attached hydrogens (tertiary/aromatic N) is 2. The van der Waals surface area contributed by atoms with Gasteiger partial charge >= 0.3 is 0 Å². The number of carbonyl (C=O) groups excluding carboxylic acids is 1. The highest BCUT2D eigenvalue weighted by Crippen LogP contribution is 2.29. The lowest BCUT2D eigenvalue weighted by Gasteiger charge is -2.36. The van der Waals surface area contributed by atoms with E-state index in [1.807, 2.05) is 6.92 Å². The number of hydrogen-bond acceptors (Lipinski definition) is 3. The number of phenolic OH excluding ortho intramolecular Hbond substituents is 1. The van der Waals surface area contributed by atoms with E-state index in [1.54, 1.807) is 24.0 Å². The third-order valence-corrected chi connectivity index (χ3v) is 3.71. The van der Waals surface area contributed by atoms with Crippen molar-refractivity contribution in [2.75, 3.05) is 13.1 Å². The molecule has 2 rings (SSSR count). The summed E-state index contributed by atoms with van der Waals surface area (Å²) in [6, 6.07) is 7.24. The van der Waals surface area contributed by atoms with E-state index < -0.39 is 5.41 Å². The summed E-state index contributed by atoms with van der Waals surface area (Å²) in [5, 5.41) is 18.8. The predicted octanol–water partition coefficient (Wildman–Crippen LogP) is 2.47. The van der Waals surface area contributed by atoms with Crippen LogP contribution >= 0.6 is 0 Å². The van der Waals surface area contributed by atoms with E-state index in [-0.39, 0.29) is 11.7 Å². The number of phenols is 1. The summed E-state index contributed by atoms with van der Waals surface area (Å²) in [5.41, 5.74) is 0.767. The number of likely N-dealkylation sites (tertiary alicyclic amines) is 1. The van der Waals surface area contributed by atoms with Crippen LogP contribution < -0.4 is 0 Å². The zero-order valence-electron chi connectivity index (χ0n) is 11.3. The average molecular weight is 258 g/mol. The van der Waals surface area contributed by atoms with Gasteiger partial charge in [-0.25, -0.2) is 0 Å². The van der Waals surface area contributed by atoms with Crippen molar-refractivity contribution < 1.29 is 9.90 Å². The van der Waals surface area contributed by atoms with Crippen molar-refractivity contribution >= 4 is 5.91 Å². The van der Waals surface area contributed by atoms with Crippen LogP contribution in [0.3, 0.4) is 0 Å². The highest BCUT2D eigenvalue weighted by molar-refractivity contribution is 5.94. The molecule has 1 heterocycles. The number of amides is 1. The van der Waals surface area contributed by atoms with Crippen molar-refractivity contribution in [1.82, 2.24) is 4.90 Å². The zero-order valence-corrected chi connectivity index (χ0v) is 11.3. The van der Waals surface area contributed by atoms with Crippen LogP contribution in [0.2, 0.25) is 0 Å². The average Bonchev–Trinajstić information content (AvgIpc) is 2.41. The third kappa shape index (κ3) is 2.70. The van der Waals surface area contributed by atoms with E-state index in [9.17, 15) is 15.2 Å². The summed E-state index contributed by atoms with van der Waals surface area (Å²) in [6.07, 6.45) is 1.67. The topological polar surface area (TPSA) is 64.3 Å². The van der Waals surface area contributed by atoms with Crippen LogP contribution in [0.25, 0.3) is 0 Å². The van der Waals surface area contributed by atoms with Crippen molar-refractivity contribution in [1.29, 1.82) is 5.26 Å². The van der Waals surface area contributed by atoms with Gasteiger partial charge in [-0.1, -0.05) is 6.07 Å². The first-order valence-electron chi connectivity index (χ1n) is 6.45. The quantitative estimate of drug-likeness (QED) is 0.841. The van der Waals surface area contributed by atoms with Crippen LogP contribution in [-0.2, 0) is 0 Å². The SMILES string of the molecule is Cc1ccc(C(=O)N2CCCC(C)(C#N)C2)cc1O. The lowest BCUT2D eigenvalue weighted by molar-refractivity contribution is 0.0629. The van der Waals surface area contributed by atoms with Crippen LogP contribution in [0.4, 0.5) is 0 Å². The summed E-state index contributed by atoms with van der Waals surface area (Å²) in [6.45, 7) is 4.80. The Morgan fingerprint density at radius 3 is 2.89 bits per heavy atom. The second kappa shape index (κ2) is 4.93. The van der Waals surface area contributed by atoms with E-state index in [4.69, 9.17) is 0 Å². The number of rotatable bonds is 1. The molecular formula is C15H18N2O2. The van der Waals surface area contributed by atoms with Crippen molar-refractivity contribution in [3.63, 3.8) is 0 Å². The molecule has 1 unspecified atom stereocenters. The molecule has 100 valence electrons. The van der Waals surface area contributed by atoms with Gasteiger partial charge in [-0.3, -0.25) is 4.79 Å². The molecule has 0 aromatic heterocycles. The molecule has 4 heteroatoms. The first-order valence-corrected chi connectivity index (χ1v) is 6.45. The van der Waals surface area contributed by atoms with E-state index in [1.165, 1.54) is 6.07 Å². The van der Waals surface area contributed by atoms with Gasteiger partial charge in [0.1, 0.15) is 5.75 Å². The molecule has 0 bridgehead atoms. The Kier molecular flexibility index (Phi) is 3.48. The molecule has 1 aromatic rings. The molecule has 0 saturated carbocycles. The lowest BCUT2D eigenvalue weighted by atomic mass is 9.83. The summed E-state index contributed by atoms with van der Waals surface area (Å²) in [7, 11) is 0. The van der Waals surface area contributed by atoms with Crippen molar-refractivity contribution in [2.24, 2.45) is 5.41 Å². The van der Waals surface area contributed by atoms with Crippen LogP contribution in [0.5, 0.6) is 5.75 Å². The monoisotopic (exact) mass is 258 g/mol. The fraction of sp³-hybridized carbons (Fsp3) is 0.467. The molecule has 1 amide bonds. The van der Waals surface area contributed by atoms with Gasteiger partial charge < -0.3 is 10.0 Å². The number of benzene rings is 1. The second-order valence-corrected chi connectivity index (χ2v) is 5.50. The molecule has 1 N–H and O–H groups in total. The molecule has 1 atom stereocenters. The highest BCUT2D eigenvalue weighted by Gasteiger charge is 2.33. The van der Waals surface area contributed by atoms with E-state index in [2.05, 4.69) is 6.07 Å². The Morgan fingerprint density at radius 2 is 2.26 bits per heavy atom. The summed E-state index contributed by atoms with van der Waals surface area (Å²) >= 11 is 0. The molecule has 1 fully saturated rings. The number of nitriles is 1. The Morgan fingerprint density at radius 1 is 1.53 bits per heavy atom.